The van der Waals surface area contributed by atoms with Gasteiger partial charge in [0, 0.05) is 12.8 Å². The minimum atomic E-state index is -4.82. The van der Waals surface area contributed by atoms with Crippen molar-refractivity contribution >= 4 is 19.8 Å². The molecule has 0 radical (unpaired) electrons. The minimum absolute atomic E-state index is 0.0222. The molecule has 0 heterocycles. The van der Waals surface area contributed by atoms with E-state index in [9.17, 15) is 19.3 Å². The van der Waals surface area contributed by atoms with Crippen LogP contribution in [0.4, 0.5) is 0 Å². The second-order valence-electron chi connectivity index (χ2n) is 13.1. The maximum atomic E-state index is 12.4. The number of carbonyl (C=O) groups is 2. The number of ether oxygens (including phenoxy) is 2. The van der Waals surface area contributed by atoms with Gasteiger partial charge < -0.3 is 24.4 Å². The van der Waals surface area contributed by atoms with Crippen LogP contribution in [-0.4, -0.2) is 52.3 Å². The quantitative estimate of drug-likeness (QED) is 0.0188. The predicted octanol–water partition coefficient (Wildman–Crippen LogP) is 11.4. The lowest BCUT2D eigenvalue weighted by molar-refractivity contribution is -0.161. The Morgan fingerprint density at radius 2 is 1.09 bits per heavy atom. The summed E-state index contributed by atoms with van der Waals surface area (Å²) in [6.07, 6.45) is 51.2. The molecule has 0 aromatic rings. The number of unbranched alkanes of at least 4 members (excludes halogenated alkanes) is 6. The standard InChI is InChI=1S/C45H71O9P/c1-3-5-7-9-11-13-15-17-18-19-20-21-22-24-26-28-30-32-34-38-45(48)54-43(41-53-55(49,50)51)40-52-44(47)39-35-37-42(46)36-33-31-29-27-25-23-16-14-12-10-8-6-4-2/h6,8,11-14,17-18,20-21,23-26,29,31,33,36,42-43,46H,3-5,7,9-10,15-16,19,22,27-28,30,32,34-35,37-41H2,1-2H3,(H2,49,50,51)/b8-6-,13-11-,14-12-,18-17-,21-20-,25-23-,26-24-,31-29-,36-33+/t42?,43-/m1/s1. The number of hydrogen-bond acceptors (Lipinski definition) is 7. The molecular formula is C45H71O9P. The Labute approximate surface area is 332 Å². The third-order valence-corrected chi connectivity index (χ3v) is 8.36. The molecule has 0 aliphatic heterocycles. The Morgan fingerprint density at radius 1 is 0.582 bits per heavy atom. The lowest BCUT2D eigenvalue weighted by Crippen LogP contribution is -2.29. The molecule has 0 aromatic carbocycles. The summed E-state index contributed by atoms with van der Waals surface area (Å²) in [4.78, 5) is 42.8. The average Bonchev–Trinajstić information content (AvgIpc) is 3.15. The second kappa shape index (κ2) is 38.9. The molecule has 0 saturated heterocycles. The third kappa shape index (κ3) is 41.7. The summed E-state index contributed by atoms with van der Waals surface area (Å²) in [7, 11) is -4.82. The first kappa shape index (κ1) is 51.7. The Kier molecular flexibility index (Phi) is 36.6. The number of esters is 2. The molecule has 0 saturated carbocycles. The largest absolute Gasteiger partial charge is 0.469 e. The van der Waals surface area contributed by atoms with Gasteiger partial charge in [-0.2, -0.15) is 0 Å². The zero-order chi connectivity index (χ0) is 40.5. The molecule has 0 aromatic heterocycles. The zero-order valence-electron chi connectivity index (χ0n) is 33.6. The van der Waals surface area contributed by atoms with Crippen molar-refractivity contribution in [3.8, 4) is 0 Å². The minimum Gasteiger partial charge on any atom is -0.462 e. The van der Waals surface area contributed by atoms with E-state index in [0.29, 0.717) is 19.3 Å². The monoisotopic (exact) mass is 786 g/mol. The Hall–Kier alpha value is -3.33. The van der Waals surface area contributed by atoms with E-state index in [1.807, 2.05) is 12.2 Å². The van der Waals surface area contributed by atoms with Crippen LogP contribution in [0.3, 0.4) is 0 Å². The van der Waals surface area contributed by atoms with Gasteiger partial charge in [-0.3, -0.25) is 14.1 Å². The number of rotatable bonds is 35. The maximum absolute atomic E-state index is 12.4. The first-order chi connectivity index (χ1) is 26.7. The van der Waals surface area contributed by atoms with Crippen LogP contribution in [0.5, 0.6) is 0 Å². The molecule has 0 fully saturated rings. The number of phosphoric acid groups is 1. The number of aliphatic hydroxyl groups is 1. The van der Waals surface area contributed by atoms with Gasteiger partial charge in [-0.1, -0.05) is 142 Å². The van der Waals surface area contributed by atoms with Crippen molar-refractivity contribution in [2.75, 3.05) is 13.2 Å². The highest BCUT2D eigenvalue weighted by molar-refractivity contribution is 7.46. The first-order valence-corrected chi connectivity index (χ1v) is 21.8. The summed E-state index contributed by atoms with van der Waals surface area (Å²) in [6, 6.07) is 0. The molecule has 0 aliphatic rings. The molecule has 0 rings (SSSR count). The number of aliphatic hydroxyl groups excluding tert-OH is 1. The van der Waals surface area contributed by atoms with Gasteiger partial charge in [0.05, 0.1) is 12.7 Å². The van der Waals surface area contributed by atoms with Gasteiger partial charge in [0.2, 0.25) is 0 Å². The lowest BCUT2D eigenvalue weighted by atomic mass is 10.1. The van der Waals surface area contributed by atoms with E-state index in [4.69, 9.17) is 19.3 Å². The van der Waals surface area contributed by atoms with Crippen LogP contribution in [0.1, 0.15) is 136 Å². The van der Waals surface area contributed by atoms with E-state index in [-0.39, 0.29) is 12.8 Å². The molecule has 2 atom stereocenters. The summed E-state index contributed by atoms with van der Waals surface area (Å²) in [6.45, 7) is 3.32. The fourth-order valence-corrected chi connectivity index (χ4v) is 5.21. The van der Waals surface area contributed by atoms with Crippen LogP contribution in [0, 0.1) is 0 Å². The van der Waals surface area contributed by atoms with Gasteiger partial charge >= 0.3 is 19.8 Å². The summed E-state index contributed by atoms with van der Waals surface area (Å²) in [5.41, 5.74) is 0. The van der Waals surface area contributed by atoms with Gasteiger partial charge in [0.25, 0.3) is 0 Å². The van der Waals surface area contributed by atoms with Crippen molar-refractivity contribution < 1.29 is 43.0 Å². The molecule has 55 heavy (non-hydrogen) atoms. The van der Waals surface area contributed by atoms with Crippen molar-refractivity contribution in [2.45, 2.75) is 148 Å². The molecule has 0 aliphatic carbocycles. The second-order valence-corrected chi connectivity index (χ2v) is 14.3. The van der Waals surface area contributed by atoms with E-state index in [0.717, 1.165) is 64.2 Å². The number of hydrogen-bond donors (Lipinski definition) is 3. The average molecular weight is 787 g/mol. The summed E-state index contributed by atoms with van der Waals surface area (Å²) < 4.78 is 26.2. The molecule has 0 amide bonds. The zero-order valence-corrected chi connectivity index (χ0v) is 34.5. The maximum Gasteiger partial charge on any atom is 0.469 e. The van der Waals surface area contributed by atoms with Gasteiger partial charge in [-0.05, 0) is 89.9 Å². The van der Waals surface area contributed by atoms with Crippen LogP contribution in [0.25, 0.3) is 0 Å². The molecule has 310 valence electrons. The smallest absolute Gasteiger partial charge is 0.462 e. The molecule has 0 spiro atoms. The van der Waals surface area contributed by atoms with Crippen molar-refractivity contribution in [2.24, 2.45) is 0 Å². The van der Waals surface area contributed by atoms with E-state index >= 15 is 0 Å². The number of phosphoric ester groups is 1. The lowest BCUT2D eigenvalue weighted by Gasteiger charge is -2.18. The molecule has 3 N–H and O–H groups in total. The van der Waals surface area contributed by atoms with Gasteiger partial charge in [0.15, 0.2) is 6.10 Å². The molecular weight excluding hydrogens is 715 g/mol. The first-order valence-electron chi connectivity index (χ1n) is 20.3. The Bertz CT molecular complexity index is 1270. The molecule has 9 nitrogen and oxygen atoms in total. The van der Waals surface area contributed by atoms with E-state index in [1.54, 1.807) is 12.2 Å². The van der Waals surface area contributed by atoms with E-state index in [2.05, 4.69) is 103 Å². The van der Waals surface area contributed by atoms with Crippen molar-refractivity contribution in [3.63, 3.8) is 0 Å². The van der Waals surface area contributed by atoms with Crippen LogP contribution >= 0.6 is 7.82 Å². The molecule has 0 bridgehead atoms. The van der Waals surface area contributed by atoms with Crippen LogP contribution in [-0.2, 0) is 28.2 Å². The van der Waals surface area contributed by atoms with Crippen molar-refractivity contribution in [1.82, 2.24) is 0 Å². The summed E-state index contributed by atoms with van der Waals surface area (Å²) in [5.74, 6) is -1.14. The topological polar surface area (TPSA) is 140 Å². The fourth-order valence-electron chi connectivity index (χ4n) is 4.85. The number of carbonyl (C=O) groups excluding carboxylic acids is 2. The molecule has 1 unspecified atom stereocenters. The predicted molar refractivity (Wildman–Crippen MR) is 226 cm³/mol. The van der Waals surface area contributed by atoms with Crippen LogP contribution in [0.15, 0.2) is 109 Å². The van der Waals surface area contributed by atoms with Gasteiger partial charge in [-0.15, -0.1) is 0 Å². The highest BCUT2D eigenvalue weighted by Crippen LogP contribution is 2.36. The van der Waals surface area contributed by atoms with Crippen molar-refractivity contribution in [1.29, 1.82) is 0 Å². The SMILES string of the molecule is CC/C=C\C/C=C\C/C=C\C/C=C\C=C\C(O)CCCC(=O)OC[C@H](COP(=O)(O)O)OC(=O)CCCCC/C=C\C/C=C\C/C=C\C/C=C\CCCCC. The fraction of sp³-hybridized carbons (Fsp3) is 0.556. The summed E-state index contributed by atoms with van der Waals surface area (Å²) in [5, 5.41) is 10.2. The van der Waals surface area contributed by atoms with Crippen LogP contribution < -0.4 is 0 Å². The highest BCUT2D eigenvalue weighted by Gasteiger charge is 2.23. The Balaban J connectivity index is 4.23. The van der Waals surface area contributed by atoms with E-state index < -0.39 is 45.2 Å². The number of allylic oxidation sites excluding steroid dienone is 17. The normalized spacial score (nSPS) is 14.2. The van der Waals surface area contributed by atoms with Gasteiger partial charge in [-0.25, -0.2) is 4.57 Å². The molecule has 10 heteroatoms. The van der Waals surface area contributed by atoms with Gasteiger partial charge in [0.1, 0.15) is 6.61 Å². The van der Waals surface area contributed by atoms with Crippen LogP contribution in [0.2, 0.25) is 0 Å². The van der Waals surface area contributed by atoms with E-state index in [1.165, 1.54) is 25.7 Å². The summed E-state index contributed by atoms with van der Waals surface area (Å²) >= 11 is 0. The Morgan fingerprint density at radius 3 is 1.64 bits per heavy atom. The van der Waals surface area contributed by atoms with Crippen molar-refractivity contribution in [3.05, 3.63) is 109 Å². The highest BCUT2D eigenvalue weighted by atomic mass is 31.2. The third-order valence-electron chi connectivity index (χ3n) is 7.88.